The van der Waals surface area contributed by atoms with E-state index in [-0.39, 0.29) is 5.75 Å². The molecular weight excluding hydrogens is 316 g/mol. The van der Waals surface area contributed by atoms with Gasteiger partial charge < -0.3 is 4.90 Å². The third-order valence-electron chi connectivity index (χ3n) is 4.14. The Hall–Kier alpha value is -1.40. The minimum absolute atomic E-state index is 0.136. The summed E-state index contributed by atoms with van der Waals surface area (Å²) < 4.78 is 23.8. The van der Waals surface area contributed by atoms with Crippen LogP contribution in [0.2, 0.25) is 0 Å². The molecule has 0 amide bonds. The first-order valence-electron chi connectivity index (χ1n) is 7.53. The van der Waals surface area contributed by atoms with Crippen molar-refractivity contribution in [2.45, 2.75) is 37.6 Å². The molecule has 0 spiro atoms. The zero-order chi connectivity index (χ0) is 15.7. The maximum absolute atomic E-state index is 11.9. The molecule has 118 valence electrons. The largest absolute Gasteiger partial charge is 0.363 e. The molecule has 1 aromatic heterocycles. The molecule has 1 saturated heterocycles. The Morgan fingerprint density at radius 1 is 1.32 bits per heavy atom. The summed E-state index contributed by atoms with van der Waals surface area (Å²) in [6.07, 6.45) is 2.23. The van der Waals surface area contributed by atoms with E-state index in [0.29, 0.717) is 10.9 Å². The lowest BCUT2D eigenvalue weighted by molar-refractivity contribution is 0.597. The van der Waals surface area contributed by atoms with Gasteiger partial charge in [-0.1, -0.05) is 6.92 Å². The van der Waals surface area contributed by atoms with E-state index in [1.807, 2.05) is 19.1 Å². The number of nitrogens with zero attached hydrogens (tertiary/aromatic N) is 2. The third kappa shape index (κ3) is 2.90. The number of thiazole rings is 1. The van der Waals surface area contributed by atoms with Crippen LogP contribution >= 0.6 is 11.3 Å². The molecule has 4 nitrogen and oxygen atoms in total. The highest BCUT2D eigenvalue weighted by molar-refractivity contribution is 7.91. The zero-order valence-electron chi connectivity index (χ0n) is 12.8. The van der Waals surface area contributed by atoms with Crippen LogP contribution in [-0.2, 0) is 9.84 Å². The van der Waals surface area contributed by atoms with E-state index in [2.05, 4.69) is 15.3 Å². The molecule has 1 aromatic carbocycles. The standard InChI is InChI=1S/C16H20N2O2S2/c1-3-22(19,20)14-8-6-13(7-9-14)18-10-4-5-16(18)15-11-21-12(2)17-15/h6-9,11,16H,3-5,10H2,1-2H3. The van der Waals surface area contributed by atoms with Crippen molar-refractivity contribution in [2.75, 3.05) is 17.2 Å². The van der Waals surface area contributed by atoms with Crippen LogP contribution in [0, 0.1) is 6.92 Å². The van der Waals surface area contributed by atoms with Crippen LogP contribution in [0.25, 0.3) is 0 Å². The second kappa shape index (κ2) is 6.01. The Kier molecular flexibility index (Phi) is 4.23. The van der Waals surface area contributed by atoms with E-state index in [1.54, 1.807) is 30.4 Å². The van der Waals surface area contributed by atoms with E-state index < -0.39 is 9.84 Å². The molecule has 0 N–H and O–H groups in total. The van der Waals surface area contributed by atoms with Gasteiger partial charge in [0.25, 0.3) is 0 Å². The Balaban J connectivity index is 1.87. The molecule has 3 rings (SSSR count). The lowest BCUT2D eigenvalue weighted by Crippen LogP contribution is -2.22. The monoisotopic (exact) mass is 336 g/mol. The summed E-state index contributed by atoms with van der Waals surface area (Å²) >= 11 is 1.68. The van der Waals surface area contributed by atoms with E-state index in [4.69, 9.17) is 0 Å². The summed E-state index contributed by atoms with van der Waals surface area (Å²) in [6, 6.07) is 7.57. The van der Waals surface area contributed by atoms with Crippen molar-refractivity contribution in [3.63, 3.8) is 0 Å². The second-order valence-corrected chi connectivity index (χ2v) is 8.88. The molecule has 6 heteroatoms. The molecule has 2 heterocycles. The first kappa shape index (κ1) is 15.5. The second-order valence-electron chi connectivity index (χ2n) is 5.54. The average Bonchev–Trinajstić information content (AvgIpc) is 3.16. The van der Waals surface area contributed by atoms with Crippen LogP contribution in [0.5, 0.6) is 0 Å². The lowest BCUT2D eigenvalue weighted by atomic mass is 10.1. The smallest absolute Gasteiger partial charge is 0.178 e. The van der Waals surface area contributed by atoms with Crippen molar-refractivity contribution in [1.29, 1.82) is 0 Å². The number of hydrogen-bond donors (Lipinski definition) is 0. The number of aryl methyl sites for hydroxylation is 1. The van der Waals surface area contributed by atoms with Crippen LogP contribution in [0.3, 0.4) is 0 Å². The van der Waals surface area contributed by atoms with Gasteiger partial charge in [0.05, 0.1) is 27.4 Å². The van der Waals surface area contributed by atoms with Gasteiger partial charge in [-0.15, -0.1) is 11.3 Å². The maximum atomic E-state index is 11.9. The van der Waals surface area contributed by atoms with Gasteiger partial charge in [0, 0.05) is 17.6 Å². The summed E-state index contributed by atoms with van der Waals surface area (Å²) in [6.45, 7) is 4.68. The predicted molar refractivity (Wildman–Crippen MR) is 90.3 cm³/mol. The van der Waals surface area contributed by atoms with Gasteiger partial charge in [-0.05, 0) is 44.0 Å². The van der Waals surface area contributed by atoms with Crippen molar-refractivity contribution >= 4 is 26.9 Å². The summed E-state index contributed by atoms with van der Waals surface area (Å²) in [5.41, 5.74) is 2.20. The Morgan fingerprint density at radius 3 is 2.64 bits per heavy atom. The van der Waals surface area contributed by atoms with E-state index in [1.165, 1.54) is 0 Å². The molecule has 1 aliphatic rings. The molecule has 1 unspecified atom stereocenters. The van der Waals surface area contributed by atoms with Crippen molar-refractivity contribution in [1.82, 2.24) is 4.98 Å². The maximum Gasteiger partial charge on any atom is 0.178 e. The van der Waals surface area contributed by atoms with Crippen LogP contribution in [-0.4, -0.2) is 25.7 Å². The summed E-state index contributed by atoms with van der Waals surface area (Å²) in [5, 5.41) is 3.22. The average molecular weight is 336 g/mol. The van der Waals surface area contributed by atoms with Crippen LogP contribution in [0.15, 0.2) is 34.5 Å². The number of aromatic nitrogens is 1. The molecule has 1 aliphatic heterocycles. The first-order chi connectivity index (χ1) is 10.5. The fourth-order valence-electron chi connectivity index (χ4n) is 2.93. The van der Waals surface area contributed by atoms with Crippen LogP contribution in [0.1, 0.15) is 36.5 Å². The zero-order valence-corrected chi connectivity index (χ0v) is 14.5. The Labute approximate surface area is 135 Å². The fraction of sp³-hybridized carbons (Fsp3) is 0.438. The van der Waals surface area contributed by atoms with Gasteiger partial charge in [0.15, 0.2) is 9.84 Å². The summed E-state index contributed by atoms with van der Waals surface area (Å²) in [7, 11) is -3.13. The van der Waals surface area contributed by atoms with E-state index in [9.17, 15) is 8.42 Å². The highest BCUT2D eigenvalue weighted by atomic mass is 32.2. The predicted octanol–water partition coefficient (Wildman–Crippen LogP) is 3.59. The summed E-state index contributed by atoms with van der Waals surface area (Å²) in [5.74, 6) is 0.136. The summed E-state index contributed by atoms with van der Waals surface area (Å²) in [4.78, 5) is 7.35. The van der Waals surface area contributed by atoms with E-state index in [0.717, 1.165) is 35.8 Å². The number of sulfone groups is 1. The number of rotatable bonds is 4. The van der Waals surface area contributed by atoms with Crippen LogP contribution in [0.4, 0.5) is 5.69 Å². The third-order valence-corrected chi connectivity index (χ3v) is 6.68. The minimum atomic E-state index is -3.13. The number of anilines is 1. The fourth-order valence-corrected chi connectivity index (χ4v) is 4.47. The molecule has 0 radical (unpaired) electrons. The highest BCUT2D eigenvalue weighted by Crippen LogP contribution is 2.36. The first-order valence-corrected chi connectivity index (χ1v) is 10.1. The molecule has 0 aliphatic carbocycles. The minimum Gasteiger partial charge on any atom is -0.363 e. The highest BCUT2D eigenvalue weighted by Gasteiger charge is 2.28. The Bertz CT molecular complexity index is 751. The molecule has 1 fully saturated rings. The SMILES string of the molecule is CCS(=O)(=O)c1ccc(N2CCCC2c2csc(C)n2)cc1. The Morgan fingerprint density at radius 2 is 2.05 bits per heavy atom. The quantitative estimate of drug-likeness (QED) is 0.856. The normalized spacial score (nSPS) is 18.8. The van der Waals surface area contributed by atoms with Gasteiger partial charge in [-0.3, -0.25) is 0 Å². The van der Waals surface area contributed by atoms with Crippen molar-refractivity contribution < 1.29 is 8.42 Å². The number of hydrogen-bond acceptors (Lipinski definition) is 5. The molecular formula is C16H20N2O2S2. The topological polar surface area (TPSA) is 50.3 Å². The van der Waals surface area contributed by atoms with Gasteiger partial charge in [-0.25, -0.2) is 13.4 Å². The van der Waals surface area contributed by atoms with Crippen LogP contribution < -0.4 is 4.90 Å². The van der Waals surface area contributed by atoms with Gasteiger partial charge in [-0.2, -0.15) is 0 Å². The van der Waals surface area contributed by atoms with Crippen molar-refractivity contribution in [3.05, 3.63) is 40.3 Å². The number of benzene rings is 1. The molecule has 1 atom stereocenters. The lowest BCUT2D eigenvalue weighted by Gasteiger charge is -2.25. The molecule has 22 heavy (non-hydrogen) atoms. The van der Waals surface area contributed by atoms with Crippen molar-refractivity contribution in [2.24, 2.45) is 0 Å². The molecule has 0 bridgehead atoms. The molecule has 0 saturated carbocycles. The van der Waals surface area contributed by atoms with Gasteiger partial charge >= 0.3 is 0 Å². The van der Waals surface area contributed by atoms with E-state index >= 15 is 0 Å². The van der Waals surface area contributed by atoms with Gasteiger partial charge in [0.1, 0.15) is 0 Å². The van der Waals surface area contributed by atoms with Crippen molar-refractivity contribution in [3.8, 4) is 0 Å². The van der Waals surface area contributed by atoms with Gasteiger partial charge in [0.2, 0.25) is 0 Å². The molecule has 2 aromatic rings.